The molecule has 0 aromatic carbocycles. The molecule has 9 heteroatoms. The number of hydrogen-bond donors (Lipinski definition) is 1. The lowest BCUT2D eigenvalue weighted by molar-refractivity contribution is -0.157. The molecule has 1 aromatic rings. The number of amides is 1. The van der Waals surface area contributed by atoms with Crippen LogP contribution in [0.15, 0.2) is 6.20 Å². The van der Waals surface area contributed by atoms with E-state index in [1.807, 2.05) is 6.92 Å². The summed E-state index contributed by atoms with van der Waals surface area (Å²) in [6.07, 6.45) is -2.14. The van der Waals surface area contributed by atoms with Crippen LogP contribution in [0.25, 0.3) is 0 Å². The van der Waals surface area contributed by atoms with Crippen LogP contribution in [0.3, 0.4) is 0 Å². The van der Waals surface area contributed by atoms with Gasteiger partial charge in [-0.2, -0.15) is 18.3 Å². The number of nitrogens with one attached hydrogen (secondary N) is 1. The van der Waals surface area contributed by atoms with Gasteiger partial charge in [0.2, 0.25) is 0 Å². The Hall–Kier alpha value is -2.06. The van der Waals surface area contributed by atoms with E-state index in [1.165, 1.54) is 7.05 Å². The number of aromatic nitrogens is 2. The van der Waals surface area contributed by atoms with E-state index in [0.29, 0.717) is 6.42 Å². The summed E-state index contributed by atoms with van der Waals surface area (Å²) in [5.41, 5.74) is -2.68. The maximum atomic E-state index is 13.0. The summed E-state index contributed by atoms with van der Waals surface area (Å²) in [5, 5.41) is 5.64. The van der Waals surface area contributed by atoms with E-state index in [0.717, 1.165) is 17.3 Å². The first-order chi connectivity index (χ1) is 11.3. The number of unbranched alkanes of at least 4 members (excludes halogenated alkanes) is 1. The van der Waals surface area contributed by atoms with Crippen LogP contribution in [0.5, 0.6) is 0 Å². The summed E-state index contributed by atoms with van der Waals surface area (Å²) in [4.78, 5) is 24.5. The van der Waals surface area contributed by atoms with Gasteiger partial charge in [0.05, 0.1) is 5.56 Å². The van der Waals surface area contributed by atoms with Gasteiger partial charge < -0.3 is 10.1 Å². The Morgan fingerprint density at radius 1 is 1.32 bits per heavy atom. The smallest absolute Gasteiger partial charge is 0.435 e. The maximum absolute atomic E-state index is 13.0. The first-order valence-corrected chi connectivity index (χ1v) is 7.99. The summed E-state index contributed by atoms with van der Waals surface area (Å²) in [7, 11) is 1.29. The minimum atomic E-state index is -4.77. The number of alkyl halides is 3. The van der Waals surface area contributed by atoms with Crippen LogP contribution in [0.1, 0.15) is 63.0 Å². The average Bonchev–Trinajstić information content (AvgIpc) is 2.83. The topological polar surface area (TPSA) is 73.2 Å². The van der Waals surface area contributed by atoms with E-state index in [2.05, 4.69) is 10.4 Å². The number of aryl methyl sites for hydroxylation is 1. The first kappa shape index (κ1) is 21.0. The molecule has 0 fully saturated rings. The van der Waals surface area contributed by atoms with Crippen LogP contribution in [0, 0.1) is 0 Å². The second-order valence-electron chi connectivity index (χ2n) is 6.76. The second-order valence-corrected chi connectivity index (χ2v) is 6.76. The first-order valence-electron chi connectivity index (χ1n) is 7.99. The van der Waals surface area contributed by atoms with E-state index < -0.39 is 41.0 Å². The fourth-order valence-corrected chi connectivity index (χ4v) is 2.13. The van der Waals surface area contributed by atoms with Crippen molar-refractivity contribution in [2.24, 2.45) is 7.05 Å². The highest BCUT2D eigenvalue weighted by atomic mass is 19.4. The van der Waals surface area contributed by atoms with Gasteiger partial charge in [0.1, 0.15) is 11.6 Å². The van der Waals surface area contributed by atoms with Gasteiger partial charge in [-0.15, -0.1) is 0 Å². The van der Waals surface area contributed by atoms with E-state index in [4.69, 9.17) is 4.74 Å². The van der Waals surface area contributed by atoms with Crippen molar-refractivity contribution >= 4 is 11.9 Å². The number of esters is 1. The third kappa shape index (κ3) is 6.39. The molecule has 1 rings (SSSR count). The molecule has 0 spiro atoms. The molecular weight excluding hydrogens is 339 g/mol. The van der Waals surface area contributed by atoms with Gasteiger partial charge in [-0.05, 0) is 27.2 Å². The fraction of sp³-hybridized carbons (Fsp3) is 0.688. The molecule has 1 N–H and O–H groups in total. The van der Waals surface area contributed by atoms with Crippen molar-refractivity contribution in [1.82, 2.24) is 15.1 Å². The van der Waals surface area contributed by atoms with Crippen molar-refractivity contribution in [1.29, 1.82) is 0 Å². The fourth-order valence-electron chi connectivity index (χ4n) is 2.13. The van der Waals surface area contributed by atoms with Crippen molar-refractivity contribution in [2.45, 2.75) is 64.8 Å². The molecule has 0 aliphatic heterocycles. The molecule has 1 heterocycles. The molecule has 0 saturated heterocycles. The zero-order chi connectivity index (χ0) is 19.4. The Bertz CT molecular complexity index is 618. The molecule has 0 saturated carbocycles. The third-order valence-electron chi connectivity index (χ3n) is 3.18. The third-order valence-corrected chi connectivity index (χ3v) is 3.18. The van der Waals surface area contributed by atoms with Gasteiger partial charge in [0, 0.05) is 13.2 Å². The Kier molecular flexibility index (Phi) is 6.61. The van der Waals surface area contributed by atoms with Gasteiger partial charge in [-0.3, -0.25) is 9.48 Å². The van der Waals surface area contributed by atoms with Crippen LogP contribution >= 0.6 is 0 Å². The molecule has 0 aliphatic carbocycles. The highest BCUT2D eigenvalue weighted by molar-refractivity contribution is 5.97. The molecule has 0 bridgehead atoms. The average molecular weight is 363 g/mol. The summed E-state index contributed by atoms with van der Waals surface area (Å²) < 4.78 is 45.1. The lowest BCUT2D eigenvalue weighted by Gasteiger charge is -2.24. The summed E-state index contributed by atoms with van der Waals surface area (Å²) in [6.45, 7) is 6.92. The highest BCUT2D eigenvalue weighted by Crippen LogP contribution is 2.30. The predicted octanol–water partition coefficient (Wildman–Crippen LogP) is 3.07. The van der Waals surface area contributed by atoms with Crippen molar-refractivity contribution < 1.29 is 27.5 Å². The number of hydrogen-bond acceptors (Lipinski definition) is 4. The monoisotopic (exact) mass is 363 g/mol. The van der Waals surface area contributed by atoms with E-state index in [9.17, 15) is 22.8 Å². The molecule has 25 heavy (non-hydrogen) atoms. The number of carbonyl (C=O) groups excluding carboxylic acids is 2. The number of halogens is 3. The van der Waals surface area contributed by atoms with Crippen LogP contribution in [-0.2, 0) is 22.8 Å². The van der Waals surface area contributed by atoms with E-state index in [1.54, 1.807) is 20.8 Å². The SMILES string of the molecule is CCCCC(NC(=O)c1cn(C)nc1C(F)(F)F)C(=O)OC(C)(C)C. The highest BCUT2D eigenvalue weighted by Gasteiger charge is 2.39. The van der Waals surface area contributed by atoms with Crippen LogP contribution in [0.2, 0.25) is 0 Å². The quantitative estimate of drug-likeness (QED) is 0.789. The Labute approximate surface area is 144 Å². The van der Waals surface area contributed by atoms with Gasteiger partial charge >= 0.3 is 12.1 Å². The largest absolute Gasteiger partial charge is 0.458 e. The molecule has 0 radical (unpaired) electrons. The van der Waals surface area contributed by atoms with Gasteiger partial charge in [0.25, 0.3) is 5.91 Å². The van der Waals surface area contributed by atoms with E-state index >= 15 is 0 Å². The van der Waals surface area contributed by atoms with Crippen molar-refractivity contribution in [2.75, 3.05) is 0 Å². The van der Waals surface area contributed by atoms with E-state index in [-0.39, 0.29) is 6.42 Å². The lowest BCUT2D eigenvalue weighted by atomic mass is 10.1. The molecule has 6 nitrogen and oxygen atoms in total. The molecule has 1 aromatic heterocycles. The minimum Gasteiger partial charge on any atom is -0.458 e. The lowest BCUT2D eigenvalue weighted by Crippen LogP contribution is -2.44. The maximum Gasteiger partial charge on any atom is 0.435 e. The summed E-state index contributed by atoms with van der Waals surface area (Å²) in [6, 6.07) is -1.02. The van der Waals surface area contributed by atoms with Crippen LogP contribution in [0.4, 0.5) is 13.2 Å². The minimum absolute atomic E-state index is 0.277. The number of ether oxygens (including phenoxy) is 1. The number of rotatable bonds is 6. The van der Waals surface area contributed by atoms with Crippen LogP contribution < -0.4 is 5.32 Å². The summed E-state index contributed by atoms with van der Waals surface area (Å²) >= 11 is 0. The standard InChI is InChI=1S/C16H24F3N3O3/c1-6-7-8-11(14(24)25-15(2,3)4)20-13(23)10-9-22(5)21-12(10)16(17,18)19/h9,11H,6-8H2,1-5H3,(H,20,23). The Balaban J connectivity index is 3.01. The molecule has 142 valence electrons. The predicted molar refractivity (Wildman–Crippen MR) is 84.8 cm³/mol. The number of nitrogens with zero attached hydrogens (tertiary/aromatic N) is 2. The molecule has 1 amide bonds. The molecule has 1 unspecified atom stereocenters. The van der Waals surface area contributed by atoms with Crippen molar-refractivity contribution in [3.8, 4) is 0 Å². The molecule has 0 aliphatic rings. The molecule has 1 atom stereocenters. The number of carbonyl (C=O) groups is 2. The Morgan fingerprint density at radius 3 is 2.40 bits per heavy atom. The second kappa shape index (κ2) is 7.88. The molecular formula is C16H24F3N3O3. The summed E-state index contributed by atoms with van der Waals surface area (Å²) in [5.74, 6) is -1.68. The van der Waals surface area contributed by atoms with Gasteiger partial charge in [0.15, 0.2) is 5.69 Å². The van der Waals surface area contributed by atoms with Crippen molar-refractivity contribution in [3.05, 3.63) is 17.5 Å². The van der Waals surface area contributed by atoms with Crippen LogP contribution in [-0.4, -0.2) is 33.3 Å². The zero-order valence-corrected chi connectivity index (χ0v) is 15.0. The van der Waals surface area contributed by atoms with Gasteiger partial charge in [-0.1, -0.05) is 19.8 Å². The van der Waals surface area contributed by atoms with Gasteiger partial charge in [-0.25, -0.2) is 4.79 Å². The zero-order valence-electron chi connectivity index (χ0n) is 15.0. The normalized spacial score (nSPS) is 13.4. The van der Waals surface area contributed by atoms with Crippen molar-refractivity contribution in [3.63, 3.8) is 0 Å². The Morgan fingerprint density at radius 2 is 1.92 bits per heavy atom.